The zero-order valence-electron chi connectivity index (χ0n) is 28.1. The van der Waals surface area contributed by atoms with Crippen molar-refractivity contribution in [1.29, 1.82) is 0 Å². The van der Waals surface area contributed by atoms with Crippen molar-refractivity contribution in [2.24, 2.45) is 19.8 Å². The fourth-order valence-corrected chi connectivity index (χ4v) is 5.23. The molecule has 0 aliphatic heterocycles. The van der Waals surface area contributed by atoms with E-state index in [0.29, 0.717) is 47.0 Å². The normalized spacial score (nSPS) is 11.7. The number of nitrogens with zero attached hydrogens (tertiary/aromatic N) is 9. The van der Waals surface area contributed by atoms with Gasteiger partial charge >= 0.3 is 12.4 Å². The van der Waals surface area contributed by atoms with E-state index in [1.54, 1.807) is 38.1 Å². The third-order valence-electron chi connectivity index (χ3n) is 7.17. The summed E-state index contributed by atoms with van der Waals surface area (Å²) < 4.78 is 85.9. The van der Waals surface area contributed by atoms with Crippen LogP contribution in [0, 0.1) is 13.8 Å². The molecule has 5 heterocycles. The second-order valence-corrected chi connectivity index (χ2v) is 11.7. The first-order valence-corrected chi connectivity index (χ1v) is 15.7. The molecule has 12 nitrogen and oxygen atoms in total. The van der Waals surface area contributed by atoms with E-state index in [4.69, 9.17) is 22.1 Å². The van der Waals surface area contributed by atoms with Gasteiger partial charge in [0, 0.05) is 51.9 Å². The van der Waals surface area contributed by atoms with Gasteiger partial charge in [-0.3, -0.25) is 14.2 Å². The van der Waals surface area contributed by atoms with Crippen LogP contribution in [-0.4, -0.2) is 57.3 Å². The smallest absolute Gasteiger partial charge is 0.435 e. The number of carbonyl (C=O) groups excluding carboxylic acids is 1. The van der Waals surface area contributed by atoms with E-state index in [0.717, 1.165) is 9.36 Å². The van der Waals surface area contributed by atoms with E-state index in [2.05, 4.69) is 35.6 Å². The van der Waals surface area contributed by atoms with Gasteiger partial charge in [-0.25, -0.2) is 4.98 Å². The van der Waals surface area contributed by atoms with Gasteiger partial charge in [-0.15, -0.1) is 10.2 Å². The van der Waals surface area contributed by atoms with Crippen LogP contribution in [0.5, 0.6) is 5.88 Å². The predicted molar refractivity (Wildman–Crippen MR) is 173 cm³/mol. The maximum Gasteiger partial charge on any atom is 0.435 e. The fraction of sp³-hybridized carbons (Fsp3) is 0.375. The van der Waals surface area contributed by atoms with Gasteiger partial charge in [0.25, 0.3) is 0 Å². The number of halogens is 7. The number of nitrogens with two attached hydrogens (primary N) is 1. The van der Waals surface area contributed by atoms with E-state index in [9.17, 15) is 31.1 Å². The van der Waals surface area contributed by atoms with Crippen molar-refractivity contribution in [2.75, 3.05) is 6.61 Å². The average molecular weight is 739 g/mol. The van der Waals surface area contributed by atoms with Crippen molar-refractivity contribution in [1.82, 2.24) is 44.9 Å². The number of Topliss-reactive ketones (excluding diaryl/α,β-unsaturated/α-hetero) is 1. The quantitative estimate of drug-likeness (QED) is 0.132. The monoisotopic (exact) mass is 738 g/mol. The number of pyridine rings is 1. The molecule has 5 aromatic rings. The molecule has 0 saturated carbocycles. The van der Waals surface area contributed by atoms with Gasteiger partial charge < -0.3 is 10.5 Å². The van der Waals surface area contributed by atoms with E-state index >= 15 is 0 Å². The van der Waals surface area contributed by atoms with Gasteiger partial charge in [-0.1, -0.05) is 11.6 Å². The van der Waals surface area contributed by atoms with Gasteiger partial charge in [-0.2, -0.15) is 46.7 Å². The number of carbonyl (C=O) groups is 1. The largest absolute Gasteiger partial charge is 0.478 e. The number of rotatable bonds is 10. The van der Waals surface area contributed by atoms with Gasteiger partial charge in [0.2, 0.25) is 5.88 Å². The molecule has 0 unspecified atom stereocenters. The Labute approximate surface area is 293 Å². The number of hydrogen-bond acceptors (Lipinski definition) is 10. The molecular weight excluding hydrogens is 706 g/mol. The Kier molecular flexibility index (Phi) is 12.1. The lowest BCUT2D eigenvalue weighted by atomic mass is 10.0. The number of ketones is 1. The fourth-order valence-electron chi connectivity index (χ4n) is 5.01. The molecule has 2 N–H and O–H groups in total. The van der Waals surface area contributed by atoms with Crippen molar-refractivity contribution in [3.8, 4) is 28.4 Å². The Balaban J connectivity index is 0.000000261. The molecule has 51 heavy (non-hydrogen) atoms. The molecular formula is C32H33ClF6N10O2. The van der Waals surface area contributed by atoms with Crippen molar-refractivity contribution in [2.45, 2.75) is 58.9 Å². The summed E-state index contributed by atoms with van der Waals surface area (Å²) in [6.07, 6.45) is -5.94. The Morgan fingerprint density at radius 3 is 1.80 bits per heavy atom. The Hall–Kier alpha value is -4.97. The number of ether oxygens (including phenoxy) is 1. The summed E-state index contributed by atoms with van der Waals surface area (Å²) in [5.41, 5.74) is 6.32. The van der Waals surface area contributed by atoms with Crippen LogP contribution in [0.15, 0.2) is 36.7 Å². The maximum atomic E-state index is 13.3. The topological polar surface area (TPSA) is 152 Å². The molecule has 0 atom stereocenters. The summed E-state index contributed by atoms with van der Waals surface area (Å²) in [5.74, 6) is 0.304. The lowest BCUT2D eigenvalue weighted by Crippen LogP contribution is -2.10. The zero-order valence-corrected chi connectivity index (χ0v) is 28.8. The third kappa shape index (κ3) is 10.1. The summed E-state index contributed by atoms with van der Waals surface area (Å²) in [6.45, 7) is 5.75. The van der Waals surface area contributed by atoms with Gasteiger partial charge in [0.15, 0.2) is 11.4 Å². The first kappa shape index (κ1) is 38.8. The molecule has 0 aliphatic carbocycles. The van der Waals surface area contributed by atoms with Gasteiger partial charge in [0.1, 0.15) is 10.9 Å². The van der Waals surface area contributed by atoms with Crippen LogP contribution in [0.4, 0.5) is 26.3 Å². The molecule has 0 radical (unpaired) electrons. The van der Waals surface area contributed by atoms with Crippen LogP contribution < -0.4 is 10.5 Å². The summed E-state index contributed by atoms with van der Waals surface area (Å²) in [5, 5.41) is 22.8. The molecule has 0 bridgehead atoms. The molecule has 0 amide bonds. The highest BCUT2D eigenvalue weighted by atomic mass is 35.5. The van der Waals surface area contributed by atoms with E-state index < -0.39 is 23.7 Å². The summed E-state index contributed by atoms with van der Waals surface area (Å²) in [6, 6.07) is 6.53. The Morgan fingerprint density at radius 2 is 1.33 bits per heavy atom. The van der Waals surface area contributed by atoms with Crippen LogP contribution >= 0.6 is 11.6 Å². The van der Waals surface area contributed by atoms with Crippen LogP contribution in [0.1, 0.15) is 52.8 Å². The molecule has 272 valence electrons. The lowest BCUT2D eigenvalue weighted by molar-refractivity contribution is -0.141. The molecule has 0 fully saturated rings. The average Bonchev–Trinajstić information content (AvgIpc) is 3.63. The van der Waals surface area contributed by atoms with Gasteiger partial charge in [-0.05, 0) is 62.1 Å². The van der Waals surface area contributed by atoms with Crippen molar-refractivity contribution in [3.63, 3.8) is 0 Å². The Morgan fingerprint density at radius 1 is 0.824 bits per heavy atom. The highest BCUT2D eigenvalue weighted by molar-refractivity contribution is 6.29. The molecule has 5 rings (SSSR count). The van der Waals surface area contributed by atoms with Crippen LogP contribution in [0.3, 0.4) is 0 Å². The van der Waals surface area contributed by atoms with Crippen molar-refractivity contribution in [3.05, 3.63) is 81.3 Å². The molecule has 0 aromatic carbocycles. The minimum absolute atomic E-state index is 0.0511. The highest BCUT2D eigenvalue weighted by Gasteiger charge is 2.39. The minimum atomic E-state index is -4.60. The summed E-state index contributed by atoms with van der Waals surface area (Å²) in [4.78, 5) is 16.4. The molecule has 5 aromatic heterocycles. The molecule has 0 spiro atoms. The molecule has 0 saturated heterocycles. The molecule has 19 heteroatoms. The standard InChI is InChI=1S/C21H21ClF3N5O2.C11H12F3N5/c1-4-32-18-10-13(9-17(22)26-18)8-15(31)6-5-14-7-12(2)19(28-27-14)16-11-30(3)29-20(16)21(23,24)25;1-6-3-7(4-15)16-17-9(6)8-5-19(2)18-10(8)11(12,13)14/h7,9-11H,4-6,8H2,1-3H3;3,5H,4,15H2,1-2H3. The third-order valence-corrected chi connectivity index (χ3v) is 7.36. The SMILES string of the molecule is CCOc1cc(CC(=O)CCc2cc(C)c(-c3cn(C)nc3C(F)(F)F)nn2)cc(Cl)n1.Cc1cc(CN)nnc1-c1cn(C)nc1C(F)(F)F. The predicted octanol–water partition coefficient (Wildman–Crippen LogP) is 6.06. The highest BCUT2D eigenvalue weighted by Crippen LogP contribution is 2.37. The lowest BCUT2D eigenvalue weighted by Gasteiger charge is -2.09. The van der Waals surface area contributed by atoms with E-state index in [1.807, 2.05) is 6.92 Å². The van der Waals surface area contributed by atoms with E-state index in [1.165, 1.54) is 26.5 Å². The van der Waals surface area contributed by atoms with Crippen molar-refractivity contribution < 1.29 is 35.9 Å². The van der Waals surface area contributed by atoms with Crippen LogP contribution in [0.25, 0.3) is 22.5 Å². The van der Waals surface area contributed by atoms with Gasteiger partial charge in [0.05, 0.1) is 40.5 Å². The minimum Gasteiger partial charge on any atom is -0.478 e. The second kappa shape index (κ2) is 15.9. The Bertz CT molecular complexity index is 2010. The number of hydrogen-bond donors (Lipinski definition) is 1. The van der Waals surface area contributed by atoms with Crippen LogP contribution in [0.2, 0.25) is 5.15 Å². The second-order valence-electron chi connectivity index (χ2n) is 11.3. The van der Waals surface area contributed by atoms with Crippen LogP contribution in [-0.2, 0) is 50.6 Å². The summed E-state index contributed by atoms with van der Waals surface area (Å²) in [7, 11) is 2.84. The molecule has 0 aliphatic rings. The first-order valence-electron chi connectivity index (χ1n) is 15.3. The number of aromatic nitrogens is 9. The summed E-state index contributed by atoms with van der Waals surface area (Å²) >= 11 is 5.97. The van der Waals surface area contributed by atoms with E-state index in [-0.39, 0.29) is 52.8 Å². The number of aryl methyl sites for hydroxylation is 5. The first-order chi connectivity index (χ1) is 23.9. The van der Waals surface area contributed by atoms with Crippen molar-refractivity contribution >= 4 is 17.4 Å². The maximum absolute atomic E-state index is 13.3. The number of alkyl halides is 6. The zero-order chi connectivity index (χ0) is 37.7.